The van der Waals surface area contributed by atoms with Crippen LogP contribution in [0, 0.1) is 0 Å². The SMILES string of the molecule is CC1C(=O)NC2(CCNCC2)c2ccccc21. The first-order chi connectivity index (χ1) is 8.23. The number of rotatable bonds is 0. The van der Waals surface area contributed by atoms with E-state index in [-0.39, 0.29) is 17.4 Å². The lowest BCUT2D eigenvalue weighted by atomic mass is 9.73. The van der Waals surface area contributed by atoms with Crippen molar-refractivity contribution < 1.29 is 4.79 Å². The summed E-state index contributed by atoms with van der Waals surface area (Å²) >= 11 is 0. The van der Waals surface area contributed by atoms with Crippen LogP contribution in [0.25, 0.3) is 0 Å². The van der Waals surface area contributed by atoms with E-state index in [1.165, 1.54) is 11.1 Å². The second kappa shape index (κ2) is 3.84. The number of hydrogen-bond acceptors (Lipinski definition) is 2. The molecule has 2 aliphatic rings. The molecule has 1 atom stereocenters. The van der Waals surface area contributed by atoms with Crippen LogP contribution in [-0.4, -0.2) is 19.0 Å². The molecule has 1 aromatic carbocycles. The Kier molecular flexibility index (Phi) is 2.44. The van der Waals surface area contributed by atoms with Crippen molar-refractivity contribution in [3.63, 3.8) is 0 Å². The van der Waals surface area contributed by atoms with Crippen molar-refractivity contribution >= 4 is 5.91 Å². The van der Waals surface area contributed by atoms with Gasteiger partial charge < -0.3 is 10.6 Å². The molecule has 0 aromatic heterocycles. The molecule has 0 bridgehead atoms. The highest BCUT2D eigenvalue weighted by molar-refractivity contribution is 5.86. The van der Waals surface area contributed by atoms with Crippen molar-refractivity contribution in [1.29, 1.82) is 0 Å². The number of amides is 1. The lowest BCUT2D eigenvalue weighted by Crippen LogP contribution is -2.56. The van der Waals surface area contributed by atoms with Gasteiger partial charge >= 0.3 is 0 Å². The molecule has 0 radical (unpaired) electrons. The molecule has 0 aliphatic carbocycles. The van der Waals surface area contributed by atoms with Gasteiger partial charge in [-0.1, -0.05) is 24.3 Å². The second-order valence-corrected chi connectivity index (χ2v) is 5.13. The maximum absolute atomic E-state index is 12.1. The molecule has 3 nitrogen and oxygen atoms in total. The first-order valence-corrected chi connectivity index (χ1v) is 6.35. The summed E-state index contributed by atoms with van der Waals surface area (Å²) in [6, 6.07) is 8.38. The Morgan fingerprint density at radius 3 is 2.71 bits per heavy atom. The highest BCUT2D eigenvalue weighted by Crippen LogP contribution is 2.39. The van der Waals surface area contributed by atoms with Gasteiger partial charge in [0.25, 0.3) is 0 Å². The second-order valence-electron chi connectivity index (χ2n) is 5.13. The van der Waals surface area contributed by atoms with Crippen molar-refractivity contribution in [2.75, 3.05) is 13.1 Å². The number of nitrogens with one attached hydrogen (secondary N) is 2. The van der Waals surface area contributed by atoms with Gasteiger partial charge in [-0.3, -0.25) is 4.79 Å². The number of fused-ring (bicyclic) bond motifs is 2. The third-order valence-corrected chi connectivity index (χ3v) is 4.16. The minimum absolute atomic E-state index is 0.0216. The normalized spacial score (nSPS) is 26.4. The number of benzene rings is 1. The zero-order chi connectivity index (χ0) is 11.9. The Hall–Kier alpha value is -1.35. The molecule has 90 valence electrons. The quantitative estimate of drug-likeness (QED) is 0.709. The molecule has 1 amide bonds. The summed E-state index contributed by atoms with van der Waals surface area (Å²) in [7, 11) is 0. The van der Waals surface area contributed by atoms with E-state index in [1.54, 1.807) is 0 Å². The molecule has 3 rings (SSSR count). The summed E-state index contributed by atoms with van der Waals surface area (Å²) < 4.78 is 0. The van der Waals surface area contributed by atoms with Crippen molar-refractivity contribution in [3.8, 4) is 0 Å². The molecular formula is C14H18N2O. The molecule has 17 heavy (non-hydrogen) atoms. The molecular weight excluding hydrogens is 212 g/mol. The summed E-state index contributed by atoms with van der Waals surface area (Å²) in [5.41, 5.74) is 2.41. The van der Waals surface area contributed by atoms with Crippen LogP contribution in [0.15, 0.2) is 24.3 Å². The summed E-state index contributed by atoms with van der Waals surface area (Å²) in [5, 5.41) is 6.62. The maximum atomic E-state index is 12.1. The molecule has 2 aliphatic heterocycles. The van der Waals surface area contributed by atoms with E-state index in [0.29, 0.717) is 0 Å². The van der Waals surface area contributed by atoms with E-state index in [9.17, 15) is 4.79 Å². The highest BCUT2D eigenvalue weighted by atomic mass is 16.2. The van der Waals surface area contributed by atoms with Crippen LogP contribution in [0.2, 0.25) is 0 Å². The third kappa shape index (κ3) is 1.57. The van der Waals surface area contributed by atoms with Gasteiger partial charge in [0.1, 0.15) is 0 Å². The Labute approximate surface area is 102 Å². The molecule has 1 spiro atoms. The zero-order valence-electron chi connectivity index (χ0n) is 10.1. The fraction of sp³-hybridized carbons (Fsp3) is 0.500. The predicted molar refractivity (Wildman–Crippen MR) is 66.8 cm³/mol. The number of piperidine rings is 1. The maximum Gasteiger partial charge on any atom is 0.227 e. The summed E-state index contributed by atoms with van der Waals surface area (Å²) in [6.45, 7) is 3.94. The number of carbonyl (C=O) groups is 1. The van der Waals surface area contributed by atoms with Crippen LogP contribution in [0.1, 0.15) is 36.8 Å². The molecule has 1 fully saturated rings. The molecule has 3 heteroatoms. The Balaban J connectivity index is 2.12. The topological polar surface area (TPSA) is 41.1 Å². The highest BCUT2D eigenvalue weighted by Gasteiger charge is 2.42. The van der Waals surface area contributed by atoms with Gasteiger partial charge in [-0.25, -0.2) is 0 Å². The number of carbonyl (C=O) groups excluding carboxylic acids is 1. The standard InChI is InChI=1S/C14H18N2O/c1-10-11-4-2-3-5-12(11)14(16-13(10)17)6-8-15-9-7-14/h2-5,10,15H,6-9H2,1H3,(H,16,17). The van der Waals surface area contributed by atoms with E-state index in [1.807, 2.05) is 13.0 Å². The molecule has 1 saturated heterocycles. The number of hydrogen-bond donors (Lipinski definition) is 2. The first-order valence-electron chi connectivity index (χ1n) is 6.35. The lowest BCUT2D eigenvalue weighted by Gasteiger charge is -2.44. The van der Waals surface area contributed by atoms with Gasteiger partial charge in [0.05, 0.1) is 11.5 Å². The van der Waals surface area contributed by atoms with Crippen molar-refractivity contribution in [2.24, 2.45) is 0 Å². The molecule has 1 unspecified atom stereocenters. The van der Waals surface area contributed by atoms with Gasteiger partial charge in [-0.2, -0.15) is 0 Å². The zero-order valence-corrected chi connectivity index (χ0v) is 10.1. The van der Waals surface area contributed by atoms with Crippen LogP contribution < -0.4 is 10.6 Å². The first kappa shape index (κ1) is 10.8. The smallest absolute Gasteiger partial charge is 0.227 e. The summed E-state index contributed by atoms with van der Waals surface area (Å²) in [6.07, 6.45) is 1.98. The summed E-state index contributed by atoms with van der Waals surface area (Å²) in [5.74, 6) is 0.150. The molecule has 0 saturated carbocycles. The largest absolute Gasteiger partial charge is 0.346 e. The monoisotopic (exact) mass is 230 g/mol. The van der Waals surface area contributed by atoms with Gasteiger partial charge in [-0.05, 0) is 44.0 Å². The van der Waals surface area contributed by atoms with E-state index in [4.69, 9.17) is 0 Å². The van der Waals surface area contributed by atoms with Gasteiger partial charge in [-0.15, -0.1) is 0 Å². The van der Waals surface area contributed by atoms with E-state index in [0.717, 1.165) is 25.9 Å². The van der Waals surface area contributed by atoms with Gasteiger partial charge in [0.15, 0.2) is 0 Å². The van der Waals surface area contributed by atoms with Crippen molar-refractivity contribution in [1.82, 2.24) is 10.6 Å². The minimum atomic E-state index is -0.120. The van der Waals surface area contributed by atoms with Crippen LogP contribution in [0.5, 0.6) is 0 Å². The average Bonchev–Trinajstić information content (AvgIpc) is 2.38. The Bertz CT molecular complexity index is 449. The predicted octanol–water partition coefficient (Wildman–Crippen LogP) is 1.50. The van der Waals surface area contributed by atoms with Crippen LogP contribution in [0.4, 0.5) is 0 Å². The van der Waals surface area contributed by atoms with Crippen molar-refractivity contribution in [2.45, 2.75) is 31.2 Å². The van der Waals surface area contributed by atoms with Crippen molar-refractivity contribution in [3.05, 3.63) is 35.4 Å². The molecule has 2 N–H and O–H groups in total. The average molecular weight is 230 g/mol. The van der Waals surface area contributed by atoms with E-state index < -0.39 is 0 Å². The van der Waals surface area contributed by atoms with Gasteiger partial charge in [0, 0.05) is 0 Å². The Morgan fingerprint density at radius 1 is 1.24 bits per heavy atom. The molecule has 2 heterocycles. The van der Waals surface area contributed by atoms with E-state index in [2.05, 4.69) is 28.8 Å². The fourth-order valence-electron chi connectivity index (χ4n) is 3.11. The van der Waals surface area contributed by atoms with E-state index >= 15 is 0 Å². The third-order valence-electron chi connectivity index (χ3n) is 4.16. The minimum Gasteiger partial charge on any atom is -0.346 e. The summed E-state index contributed by atoms with van der Waals surface area (Å²) in [4.78, 5) is 12.1. The lowest BCUT2D eigenvalue weighted by molar-refractivity contribution is -0.125. The molecule has 1 aromatic rings. The fourth-order valence-corrected chi connectivity index (χ4v) is 3.11. The van der Waals surface area contributed by atoms with Crippen LogP contribution >= 0.6 is 0 Å². The van der Waals surface area contributed by atoms with Crippen LogP contribution in [0.3, 0.4) is 0 Å². The Morgan fingerprint density at radius 2 is 1.94 bits per heavy atom. The van der Waals surface area contributed by atoms with Crippen LogP contribution in [-0.2, 0) is 10.3 Å². The van der Waals surface area contributed by atoms with Gasteiger partial charge in [0.2, 0.25) is 5.91 Å².